The normalized spacial score (nSPS) is 51.0. The molecule has 4 aliphatic carbocycles. The molecule has 0 amide bonds. The first-order chi connectivity index (χ1) is 9.59. The smallest absolute Gasteiger partial charge is 0.104 e. The standard InChI is InChI=1S/C19H27F/c1-12-3-8-18-17-6-4-13-11-14(20)5-7-15(13)16(17)9-10-19(12,18)2/h4,14-18H,1,3,5-11H2,2H3. The van der Waals surface area contributed by atoms with Crippen molar-refractivity contribution in [2.45, 2.75) is 64.5 Å². The van der Waals surface area contributed by atoms with Crippen LogP contribution in [0, 0.1) is 29.1 Å². The van der Waals surface area contributed by atoms with Crippen LogP contribution in [0.5, 0.6) is 0 Å². The Bertz CT molecular complexity index is 462. The molecule has 0 aromatic rings. The van der Waals surface area contributed by atoms with Crippen LogP contribution in [-0.2, 0) is 0 Å². The number of allylic oxidation sites excluding steroid dienone is 3. The molecule has 3 saturated carbocycles. The van der Waals surface area contributed by atoms with Gasteiger partial charge in [0, 0.05) is 0 Å². The van der Waals surface area contributed by atoms with Gasteiger partial charge in [-0.3, -0.25) is 0 Å². The molecule has 0 radical (unpaired) electrons. The van der Waals surface area contributed by atoms with E-state index < -0.39 is 6.17 Å². The van der Waals surface area contributed by atoms with Crippen molar-refractivity contribution in [1.29, 1.82) is 0 Å². The molecule has 3 fully saturated rings. The van der Waals surface area contributed by atoms with Crippen LogP contribution in [0.4, 0.5) is 4.39 Å². The molecule has 0 aromatic heterocycles. The topological polar surface area (TPSA) is 0 Å². The van der Waals surface area contributed by atoms with E-state index in [9.17, 15) is 4.39 Å². The molecule has 0 N–H and O–H groups in total. The highest BCUT2D eigenvalue weighted by atomic mass is 19.1. The van der Waals surface area contributed by atoms with E-state index in [1.807, 2.05) is 0 Å². The van der Waals surface area contributed by atoms with Gasteiger partial charge in [0.05, 0.1) is 0 Å². The third kappa shape index (κ3) is 1.71. The van der Waals surface area contributed by atoms with Gasteiger partial charge in [-0.2, -0.15) is 0 Å². The van der Waals surface area contributed by atoms with Crippen LogP contribution in [-0.4, -0.2) is 6.17 Å². The highest BCUT2D eigenvalue weighted by molar-refractivity contribution is 5.25. The van der Waals surface area contributed by atoms with Gasteiger partial charge in [0.1, 0.15) is 6.17 Å². The number of fused-ring (bicyclic) bond motifs is 5. The fourth-order valence-electron chi connectivity index (χ4n) is 6.13. The number of hydrogen-bond donors (Lipinski definition) is 0. The van der Waals surface area contributed by atoms with E-state index in [-0.39, 0.29) is 0 Å². The molecule has 0 bridgehead atoms. The first-order valence-electron chi connectivity index (χ1n) is 8.61. The van der Waals surface area contributed by atoms with Gasteiger partial charge in [-0.15, -0.1) is 0 Å². The largest absolute Gasteiger partial charge is 0.247 e. The molecule has 0 heterocycles. The molecule has 110 valence electrons. The molecule has 0 aliphatic heterocycles. The lowest BCUT2D eigenvalue weighted by molar-refractivity contribution is 0.0207. The highest BCUT2D eigenvalue weighted by Crippen LogP contribution is 2.62. The first-order valence-corrected chi connectivity index (χ1v) is 8.61. The van der Waals surface area contributed by atoms with Crippen LogP contribution >= 0.6 is 0 Å². The predicted molar refractivity (Wildman–Crippen MR) is 81.1 cm³/mol. The minimum Gasteiger partial charge on any atom is -0.247 e. The van der Waals surface area contributed by atoms with Gasteiger partial charge < -0.3 is 0 Å². The van der Waals surface area contributed by atoms with E-state index in [0.29, 0.717) is 5.41 Å². The Morgan fingerprint density at radius 2 is 2.05 bits per heavy atom. The van der Waals surface area contributed by atoms with Gasteiger partial charge in [-0.1, -0.05) is 30.7 Å². The van der Waals surface area contributed by atoms with E-state index in [1.54, 1.807) is 0 Å². The highest BCUT2D eigenvalue weighted by Gasteiger charge is 2.53. The molecule has 0 saturated heterocycles. The summed E-state index contributed by atoms with van der Waals surface area (Å²) in [4.78, 5) is 0. The summed E-state index contributed by atoms with van der Waals surface area (Å²) in [5, 5.41) is 0. The molecular weight excluding hydrogens is 247 g/mol. The maximum absolute atomic E-state index is 13.7. The second-order valence-electron chi connectivity index (χ2n) is 8.03. The second-order valence-corrected chi connectivity index (χ2v) is 8.03. The molecule has 0 spiro atoms. The van der Waals surface area contributed by atoms with Crippen LogP contribution < -0.4 is 0 Å². The molecule has 0 aromatic carbocycles. The summed E-state index contributed by atoms with van der Waals surface area (Å²) in [7, 11) is 0. The van der Waals surface area contributed by atoms with E-state index in [1.165, 1.54) is 43.3 Å². The summed E-state index contributed by atoms with van der Waals surface area (Å²) in [6, 6.07) is 0. The van der Waals surface area contributed by atoms with Crippen molar-refractivity contribution >= 4 is 0 Å². The monoisotopic (exact) mass is 274 g/mol. The van der Waals surface area contributed by atoms with E-state index >= 15 is 0 Å². The Kier molecular flexibility index (Phi) is 2.91. The summed E-state index contributed by atoms with van der Waals surface area (Å²) in [5.74, 6) is 3.29. The first kappa shape index (κ1) is 13.1. The Hall–Kier alpha value is -0.590. The maximum atomic E-state index is 13.7. The minimum absolute atomic E-state index is 0.420. The van der Waals surface area contributed by atoms with Crippen molar-refractivity contribution in [1.82, 2.24) is 0 Å². The molecule has 6 atom stereocenters. The van der Waals surface area contributed by atoms with Crippen molar-refractivity contribution in [3.8, 4) is 0 Å². The Morgan fingerprint density at radius 3 is 2.90 bits per heavy atom. The lowest BCUT2D eigenvalue weighted by Gasteiger charge is -2.52. The van der Waals surface area contributed by atoms with Gasteiger partial charge in [-0.05, 0) is 80.5 Å². The minimum atomic E-state index is -0.561. The number of alkyl halides is 1. The fourth-order valence-corrected chi connectivity index (χ4v) is 6.13. The van der Waals surface area contributed by atoms with Gasteiger partial charge in [0.15, 0.2) is 0 Å². The van der Waals surface area contributed by atoms with Crippen LogP contribution in [0.15, 0.2) is 23.8 Å². The zero-order valence-corrected chi connectivity index (χ0v) is 12.7. The van der Waals surface area contributed by atoms with Crippen LogP contribution in [0.25, 0.3) is 0 Å². The lowest BCUT2D eigenvalue weighted by Crippen LogP contribution is -2.44. The van der Waals surface area contributed by atoms with Crippen molar-refractivity contribution in [2.75, 3.05) is 0 Å². The summed E-state index contributed by atoms with van der Waals surface area (Å²) in [6.45, 7) is 6.85. The van der Waals surface area contributed by atoms with E-state index in [2.05, 4.69) is 19.6 Å². The van der Waals surface area contributed by atoms with Gasteiger partial charge in [0.2, 0.25) is 0 Å². The molecular formula is C19H27F. The summed E-state index contributed by atoms with van der Waals surface area (Å²) >= 11 is 0. The van der Waals surface area contributed by atoms with Crippen LogP contribution in [0.3, 0.4) is 0 Å². The molecule has 4 rings (SSSR count). The van der Waals surface area contributed by atoms with Crippen molar-refractivity contribution in [3.05, 3.63) is 23.8 Å². The molecule has 1 heteroatoms. The second kappa shape index (κ2) is 4.45. The van der Waals surface area contributed by atoms with E-state index in [4.69, 9.17) is 0 Å². The zero-order valence-electron chi connectivity index (χ0n) is 12.7. The van der Waals surface area contributed by atoms with Gasteiger partial charge >= 0.3 is 0 Å². The Labute approximate surface area is 122 Å². The summed E-state index contributed by atoms with van der Waals surface area (Å²) < 4.78 is 13.7. The van der Waals surface area contributed by atoms with Crippen molar-refractivity contribution in [3.63, 3.8) is 0 Å². The summed E-state index contributed by atoms with van der Waals surface area (Å²) in [5.41, 5.74) is 3.41. The lowest BCUT2D eigenvalue weighted by atomic mass is 9.52. The van der Waals surface area contributed by atoms with Gasteiger partial charge in [0.25, 0.3) is 0 Å². The Balaban J connectivity index is 1.64. The quantitative estimate of drug-likeness (QED) is 0.515. The third-order valence-corrected chi connectivity index (χ3v) is 7.34. The SMILES string of the molecule is C=C1CCC2C3CC=C4CC(F)CCC4C3CCC12C. The van der Waals surface area contributed by atoms with E-state index in [0.717, 1.165) is 42.9 Å². The van der Waals surface area contributed by atoms with Gasteiger partial charge in [-0.25, -0.2) is 4.39 Å². The van der Waals surface area contributed by atoms with Crippen LogP contribution in [0.2, 0.25) is 0 Å². The average Bonchev–Trinajstić information content (AvgIpc) is 2.74. The summed E-state index contributed by atoms with van der Waals surface area (Å²) in [6.07, 6.45) is 11.0. The molecule has 6 unspecified atom stereocenters. The van der Waals surface area contributed by atoms with Crippen LogP contribution in [0.1, 0.15) is 58.3 Å². The van der Waals surface area contributed by atoms with Crippen molar-refractivity contribution < 1.29 is 4.39 Å². The Morgan fingerprint density at radius 1 is 1.20 bits per heavy atom. The number of hydrogen-bond acceptors (Lipinski definition) is 0. The maximum Gasteiger partial charge on any atom is 0.104 e. The predicted octanol–water partition coefficient (Wildman–Crippen LogP) is 5.45. The average molecular weight is 274 g/mol. The third-order valence-electron chi connectivity index (χ3n) is 7.34. The molecule has 0 nitrogen and oxygen atoms in total. The van der Waals surface area contributed by atoms with Crippen molar-refractivity contribution in [2.24, 2.45) is 29.1 Å². The number of rotatable bonds is 0. The molecule has 20 heavy (non-hydrogen) atoms. The fraction of sp³-hybridized carbons (Fsp3) is 0.789. The number of halogens is 1. The molecule has 4 aliphatic rings. The zero-order chi connectivity index (χ0) is 13.9.